The molecule has 0 spiro atoms. The highest BCUT2D eigenvalue weighted by Gasteiger charge is 2.19. The lowest BCUT2D eigenvalue weighted by atomic mass is 9.89. The highest BCUT2D eigenvalue weighted by atomic mass is 16.5. The predicted molar refractivity (Wildman–Crippen MR) is 60.3 cm³/mol. The van der Waals surface area contributed by atoms with E-state index in [1.54, 1.807) is 0 Å². The summed E-state index contributed by atoms with van der Waals surface area (Å²) in [6.45, 7) is 0.298. The van der Waals surface area contributed by atoms with Gasteiger partial charge in [-0.3, -0.25) is 0 Å². The number of ether oxygens (including phenoxy) is 1. The maximum absolute atomic E-state index is 8.91. The molecule has 2 rings (SSSR count). The molecule has 1 aromatic rings. The van der Waals surface area contributed by atoms with Gasteiger partial charge in [0.1, 0.15) is 12.4 Å². The first-order chi connectivity index (χ1) is 7.86. The van der Waals surface area contributed by atoms with Gasteiger partial charge in [-0.25, -0.2) is 0 Å². The number of rotatable bonds is 3. The van der Waals surface area contributed by atoms with E-state index in [2.05, 4.69) is 5.16 Å². The Labute approximate surface area is 94.2 Å². The predicted octanol–water partition coefficient (Wildman–Crippen LogP) is 1.57. The number of nitrogens with zero attached hydrogens (tertiary/aromatic N) is 1. The molecule has 0 saturated carbocycles. The normalized spacial score (nSPS) is 17.2. The van der Waals surface area contributed by atoms with Crippen LogP contribution in [0.1, 0.15) is 24.0 Å². The number of hydrogen-bond acceptors (Lipinski definition) is 4. The molecule has 2 N–H and O–H groups in total. The zero-order valence-electron chi connectivity index (χ0n) is 9.02. The molecule has 0 radical (unpaired) electrons. The van der Waals surface area contributed by atoms with Crippen LogP contribution in [-0.2, 0) is 6.42 Å². The first-order valence-corrected chi connectivity index (χ1v) is 5.43. The molecule has 1 aliphatic rings. The van der Waals surface area contributed by atoms with Crippen molar-refractivity contribution in [2.45, 2.75) is 19.3 Å². The fraction of sp³-hybridized carbons (Fsp3) is 0.417. The number of benzene rings is 1. The first-order valence-electron chi connectivity index (χ1n) is 5.43. The minimum atomic E-state index is 0.00458. The highest BCUT2D eigenvalue weighted by molar-refractivity contribution is 6.02. The Hall–Kier alpha value is -1.55. The van der Waals surface area contributed by atoms with Crippen LogP contribution >= 0.6 is 0 Å². The van der Waals surface area contributed by atoms with E-state index < -0.39 is 0 Å². The van der Waals surface area contributed by atoms with Gasteiger partial charge in [-0.15, -0.1) is 0 Å². The molecule has 0 aromatic heterocycles. The van der Waals surface area contributed by atoms with Gasteiger partial charge in [-0.2, -0.15) is 0 Å². The minimum absolute atomic E-state index is 0.00458. The Morgan fingerprint density at radius 3 is 2.94 bits per heavy atom. The van der Waals surface area contributed by atoms with Gasteiger partial charge in [0.25, 0.3) is 0 Å². The van der Waals surface area contributed by atoms with Gasteiger partial charge in [0.15, 0.2) is 0 Å². The molecule has 0 aliphatic heterocycles. The fourth-order valence-corrected chi connectivity index (χ4v) is 2.06. The van der Waals surface area contributed by atoms with Crippen LogP contribution in [0.5, 0.6) is 5.75 Å². The Kier molecular flexibility index (Phi) is 3.41. The topological polar surface area (TPSA) is 62.0 Å². The second-order valence-electron chi connectivity index (χ2n) is 3.75. The van der Waals surface area contributed by atoms with Crippen LogP contribution < -0.4 is 4.74 Å². The van der Waals surface area contributed by atoms with E-state index in [1.807, 2.05) is 18.2 Å². The molecule has 4 nitrogen and oxygen atoms in total. The fourth-order valence-electron chi connectivity index (χ4n) is 2.06. The zero-order chi connectivity index (χ0) is 11.4. The van der Waals surface area contributed by atoms with Crippen molar-refractivity contribution in [3.63, 3.8) is 0 Å². The van der Waals surface area contributed by atoms with Crippen molar-refractivity contribution < 1.29 is 15.1 Å². The van der Waals surface area contributed by atoms with Crippen molar-refractivity contribution in [1.29, 1.82) is 0 Å². The lowest BCUT2D eigenvalue weighted by molar-refractivity contribution is 0.200. The van der Waals surface area contributed by atoms with Gasteiger partial charge in [-0.05, 0) is 25.3 Å². The van der Waals surface area contributed by atoms with Gasteiger partial charge >= 0.3 is 0 Å². The van der Waals surface area contributed by atoms with Gasteiger partial charge in [0.05, 0.1) is 12.3 Å². The lowest BCUT2D eigenvalue weighted by Gasteiger charge is -2.19. The number of aliphatic hydroxyl groups is 1. The van der Waals surface area contributed by atoms with Gasteiger partial charge < -0.3 is 15.1 Å². The Balaban J connectivity index is 2.35. The number of oxime groups is 1. The molecule has 0 bridgehead atoms. The Morgan fingerprint density at radius 2 is 2.19 bits per heavy atom. The van der Waals surface area contributed by atoms with Crippen molar-refractivity contribution in [3.05, 3.63) is 29.3 Å². The average Bonchev–Trinajstić information content (AvgIpc) is 2.35. The third-order valence-electron chi connectivity index (χ3n) is 2.75. The van der Waals surface area contributed by atoms with E-state index in [0.717, 1.165) is 41.9 Å². The maximum atomic E-state index is 8.91. The van der Waals surface area contributed by atoms with Crippen molar-refractivity contribution in [2.24, 2.45) is 5.16 Å². The first kappa shape index (κ1) is 11.0. The van der Waals surface area contributed by atoms with E-state index >= 15 is 0 Å². The second kappa shape index (κ2) is 4.99. The monoisotopic (exact) mass is 221 g/mol. The van der Waals surface area contributed by atoms with Crippen LogP contribution in [0.2, 0.25) is 0 Å². The third-order valence-corrected chi connectivity index (χ3v) is 2.75. The number of aliphatic hydroxyl groups excluding tert-OH is 1. The summed E-state index contributed by atoms with van der Waals surface area (Å²) < 4.78 is 5.46. The SMILES string of the molecule is OCCOc1cccc2c1CCC/C2=N\O. The number of hydrogen-bond donors (Lipinski definition) is 2. The van der Waals surface area contributed by atoms with Crippen LogP contribution in [-0.4, -0.2) is 29.2 Å². The molecule has 0 saturated heterocycles. The third kappa shape index (κ3) is 2.02. The molecule has 1 aromatic carbocycles. The van der Waals surface area contributed by atoms with E-state index in [1.165, 1.54) is 0 Å². The zero-order valence-corrected chi connectivity index (χ0v) is 9.02. The molecule has 0 amide bonds. The molecule has 0 heterocycles. The highest BCUT2D eigenvalue weighted by Crippen LogP contribution is 2.29. The molecule has 1 aliphatic carbocycles. The lowest BCUT2D eigenvalue weighted by Crippen LogP contribution is -2.14. The van der Waals surface area contributed by atoms with Crippen LogP contribution in [0, 0.1) is 0 Å². The van der Waals surface area contributed by atoms with E-state index in [0.29, 0.717) is 6.61 Å². The van der Waals surface area contributed by atoms with Gasteiger partial charge in [0, 0.05) is 11.1 Å². The molecule has 4 heteroatoms. The maximum Gasteiger partial charge on any atom is 0.123 e. The van der Waals surface area contributed by atoms with Crippen LogP contribution in [0.25, 0.3) is 0 Å². The van der Waals surface area contributed by atoms with Crippen LogP contribution in [0.3, 0.4) is 0 Å². The average molecular weight is 221 g/mol. The molecule has 0 fully saturated rings. The van der Waals surface area contributed by atoms with Crippen molar-refractivity contribution in [2.75, 3.05) is 13.2 Å². The smallest absolute Gasteiger partial charge is 0.123 e. The van der Waals surface area contributed by atoms with Gasteiger partial charge in [0.2, 0.25) is 0 Å². The van der Waals surface area contributed by atoms with E-state index in [-0.39, 0.29) is 6.61 Å². The molecular formula is C12H15NO3. The molecule has 86 valence electrons. The molecule has 16 heavy (non-hydrogen) atoms. The van der Waals surface area contributed by atoms with Crippen molar-refractivity contribution in [3.8, 4) is 5.75 Å². The van der Waals surface area contributed by atoms with Gasteiger partial charge in [-0.1, -0.05) is 17.3 Å². The Bertz CT molecular complexity index is 401. The van der Waals surface area contributed by atoms with Crippen molar-refractivity contribution >= 4 is 5.71 Å². The van der Waals surface area contributed by atoms with E-state index in [9.17, 15) is 0 Å². The quantitative estimate of drug-likeness (QED) is 0.601. The second-order valence-corrected chi connectivity index (χ2v) is 3.75. The largest absolute Gasteiger partial charge is 0.491 e. The molecule has 0 unspecified atom stereocenters. The summed E-state index contributed by atoms with van der Waals surface area (Å²) >= 11 is 0. The summed E-state index contributed by atoms with van der Waals surface area (Å²) in [6.07, 6.45) is 2.69. The van der Waals surface area contributed by atoms with Crippen LogP contribution in [0.15, 0.2) is 23.4 Å². The number of fused-ring (bicyclic) bond motifs is 1. The van der Waals surface area contributed by atoms with Crippen molar-refractivity contribution in [1.82, 2.24) is 0 Å². The molecule has 0 atom stereocenters. The summed E-state index contributed by atoms with van der Waals surface area (Å²) in [4.78, 5) is 0. The van der Waals surface area contributed by atoms with E-state index in [4.69, 9.17) is 15.1 Å². The molecular weight excluding hydrogens is 206 g/mol. The standard InChI is InChI=1S/C12H15NO3/c14-7-8-16-12-6-2-3-9-10(12)4-1-5-11(9)13-15/h2-3,6,14-15H,1,4-5,7-8H2/b13-11+. The summed E-state index contributed by atoms with van der Waals surface area (Å²) in [5.74, 6) is 0.785. The minimum Gasteiger partial charge on any atom is -0.491 e. The summed E-state index contributed by atoms with van der Waals surface area (Å²) in [5.41, 5.74) is 2.76. The Morgan fingerprint density at radius 1 is 1.31 bits per heavy atom. The summed E-state index contributed by atoms with van der Waals surface area (Å²) in [7, 11) is 0. The summed E-state index contributed by atoms with van der Waals surface area (Å²) in [6, 6.07) is 5.70. The summed E-state index contributed by atoms with van der Waals surface area (Å²) in [5, 5.41) is 21.0. The van der Waals surface area contributed by atoms with Crippen LogP contribution in [0.4, 0.5) is 0 Å².